The predicted octanol–water partition coefficient (Wildman–Crippen LogP) is 2.93. The molecule has 0 heterocycles. The molecule has 0 atom stereocenters. The fourth-order valence-corrected chi connectivity index (χ4v) is 1.77. The van der Waals surface area contributed by atoms with Crippen molar-refractivity contribution in [2.45, 2.75) is 13.8 Å². The molecule has 1 aromatic carbocycles. The van der Waals surface area contributed by atoms with Gasteiger partial charge in [0, 0.05) is 18.0 Å². The number of halogens is 2. The lowest BCUT2D eigenvalue weighted by Gasteiger charge is -2.28. The summed E-state index contributed by atoms with van der Waals surface area (Å²) in [6, 6.07) is 3.34. The standard InChI is InChI=1S/C13H19F2NO/c1-13(2,8-16(3)4)9-17-12-6-5-10(14)7-11(12)15/h5-7H,8-9H2,1-4H3. The van der Waals surface area contributed by atoms with Crippen molar-refractivity contribution >= 4 is 0 Å². The summed E-state index contributed by atoms with van der Waals surface area (Å²) in [4.78, 5) is 2.05. The number of hydrogen-bond acceptors (Lipinski definition) is 2. The molecule has 0 saturated heterocycles. The molecule has 17 heavy (non-hydrogen) atoms. The zero-order valence-electron chi connectivity index (χ0n) is 10.8. The Morgan fingerprint density at radius 2 is 1.88 bits per heavy atom. The summed E-state index contributed by atoms with van der Waals surface area (Å²) in [6.07, 6.45) is 0. The highest BCUT2D eigenvalue weighted by molar-refractivity contribution is 5.24. The SMILES string of the molecule is CN(C)CC(C)(C)COc1ccc(F)cc1F. The van der Waals surface area contributed by atoms with E-state index in [1.165, 1.54) is 12.1 Å². The van der Waals surface area contributed by atoms with Crippen molar-refractivity contribution < 1.29 is 13.5 Å². The minimum atomic E-state index is -0.661. The van der Waals surface area contributed by atoms with Crippen LogP contribution in [0.15, 0.2) is 18.2 Å². The lowest BCUT2D eigenvalue weighted by atomic mass is 9.94. The third kappa shape index (κ3) is 4.69. The van der Waals surface area contributed by atoms with E-state index in [-0.39, 0.29) is 11.2 Å². The summed E-state index contributed by atoms with van der Waals surface area (Å²) in [7, 11) is 3.94. The molecular formula is C13H19F2NO. The molecule has 0 aliphatic heterocycles. The van der Waals surface area contributed by atoms with Gasteiger partial charge in [0.2, 0.25) is 0 Å². The van der Waals surface area contributed by atoms with Crippen molar-refractivity contribution in [2.75, 3.05) is 27.2 Å². The molecule has 96 valence electrons. The van der Waals surface area contributed by atoms with Gasteiger partial charge in [0.25, 0.3) is 0 Å². The molecule has 0 aliphatic rings. The number of nitrogens with zero attached hydrogens (tertiary/aromatic N) is 1. The van der Waals surface area contributed by atoms with Crippen LogP contribution in [0, 0.1) is 17.0 Å². The van der Waals surface area contributed by atoms with Crippen LogP contribution in [0.4, 0.5) is 8.78 Å². The average Bonchev–Trinajstić information content (AvgIpc) is 2.14. The van der Waals surface area contributed by atoms with E-state index in [0.29, 0.717) is 6.61 Å². The fraction of sp³-hybridized carbons (Fsp3) is 0.538. The Morgan fingerprint density at radius 1 is 1.24 bits per heavy atom. The van der Waals surface area contributed by atoms with Gasteiger partial charge in [-0.3, -0.25) is 0 Å². The molecule has 0 saturated carbocycles. The van der Waals surface area contributed by atoms with Gasteiger partial charge in [-0.15, -0.1) is 0 Å². The summed E-state index contributed by atoms with van der Waals surface area (Å²) >= 11 is 0. The van der Waals surface area contributed by atoms with Gasteiger partial charge in [0.05, 0.1) is 6.61 Å². The van der Waals surface area contributed by atoms with Gasteiger partial charge >= 0.3 is 0 Å². The van der Waals surface area contributed by atoms with Crippen molar-refractivity contribution in [1.29, 1.82) is 0 Å². The van der Waals surface area contributed by atoms with Gasteiger partial charge in [0.1, 0.15) is 5.82 Å². The van der Waals surface area contributed by atoms with Crippen LogP contribution in [0.3, 0.4) is 0 Å². The first kappa shape index (κ1) is 13.9. The Balaban J connectivity index is 2.61. The van der Waals surface area contributed by atoms with Crippen molar-refractivity contribution in [2.24, 2.45) is 5.41 Å². The van der Waals surface area contributed by atoms with E-state index in [0.717, 1.165) is 12.6 Å². The van der Waals surface area contributed by atoms with E-state index < -0.39 is 11.6 Å². The van der Waals surface area contributed by atoms with Crippen LogP contribution in [0.2, 0.25) is 0 Å². The second-order valence-electron chi connectivity index (χ2n) is 5.27. The number of rotatable bonds is 5. The normalized spacial score (nSPS) is 11.9. The summed E-state index contributed by atoms with van der Waals surface area (Å²) in [6.45, 7) is 5.28. The van der Waals surface area contributed by atoms with E-state index in [1.54, 1.807) is 0 Å². The van der Waals surface area contributed by atoms with Gasteiger partial charge < -0.3 is 9.64 Å². The molecule has 0 amide bonds. The Hall–Kier alpha value is -1.16. The first-order valence-electron chi connectivity index (χ1n) is 5.53. The largest absolute Gasteiger partial charge is 0.490 e. The minimum Gasteiger partial charge on any atom is -0.490 e. The van der Waals surface area contributed by atoms with Gasteiger partial charge in [0.15, 0.2) is 11.6 Å². The Kier molecular flexibility index (Phi) is 4.46. The smallest absolute Gasteiger partial charge is 0.167 e. The van der Waals surface area contributed by atoms with E-state index in [2.05, 4.69) is 0 Å². The van der Waals surface area contributed by atoms with Crippen molar-refractivity contribution in [3.8, 4) is 5.75 Å². The topological polar surface area (TPSA) is 12.5 Å². The highest BCUT2D eigenvalue weighted by Gasteiger charge is 2.20. The third-order valence-electron chi connectivity index (χ3n) is 2.26. The maximum Gasteiger partial charge on any atom is 0.167 e. The highest BCUT2D eigenvalue weighted by Crippen LogP contribution is 2.22. The van der Waals surface area contributed by atoms with Crippen LogP contribution >= 0.6 is 0 Å². The molecule has 0 aliphatic carbocycles. The number of benzene rings is 1. The lowest BCUT2D eigenvalue weighted by Crippen LogP contribution is -2.33. The van der Waals surface area contributed by atoms with E-state index in [1.807, 2.05) is 32.8 Å². The second-order valence-corrected chi connectivity index (χ2v) is 5.27. The lowest BCUT2D eigenvalue weighted by molar-refractivity contribution is 0.137. The zero-order valence-corrected chi connectivity index (χ0v) is 10.8. The maximum atomic E-state index is 13.3. The fourth-order valence-electron chi connectivity index (χ4n) is 1.77. The average molecular weight is 243 g/mol. The second kappa shape index (κ2) is 5.45. The van der Waals surface area contributed by atoms with Gasteiger partial charge in [-0.25, -0.2) is 8.78 Å². The molecule has 0 spiro atoms. The molecule has 2 nitrogen and oxygen atoms in total. The predicted molar refractivity (Wildman–Crippen MR) is 64.2 cm³/mol. The Morgan fingerprint density at radius 3 is 2.41 bits per heavy atom. The number of hydrogen-bond donors (Lipinski definition) is 0. The summed E-state index contributed by atoms with van der Waals surface area (Å²) < 4.78 is 31.4. The van der Waals surface area contributed by atoms with Gasteiger partial charge in [-0.1, -0.05) is 13.8 Å². The molecule has 0 aromatic heterocycles. The summed E-state index contributed by atoms with van der Waals surface area (Å²) in [5, 5.41) is 0. The van der Waals surface area contributed by atoms with Crippen molar-refractivity contribution in [1.82, 2.24) is 4.90 Å². The van der Waals surface area contributed by atoms with Crippen LogP contribution in [-0.2, 0) is 0 Å². The molecule has 0 bridgehead atoms. The first-order chi connectivity index (χ1) is 7.80. The minimum absolute atomic E-state index is 0.0929. The van der Waals surface area contributed by atoms with E-state index in [4.69, 9.17) is 4.74 Å². The molecule has 1 rings (SSSR count). The van der Waals surface area contributed by atoms with Crippen LogP contribution in [0.5, 0.6) is 5.75 Å². The van der Waals surface area contributed by atoms with Crippen LogP contribution in [-0.4, -0.2) is 32.1 Å². The van der Waals surface area contributed by atoms with E-state index >= 15 is 0 Å². The monoisotopic (exact) mass is 243 g/mol. The summed E-state index contributed by atoms with van der Waals surface area (Å²) in [5.41, 5.74) is -0.0929. The van der Waals surface area contributed by atoms with Crippen molar-refractivity contribution in [3.05, 3.63) is 29.8 Å². The summed E-state index contributed by atoms with van der Waals surface area (Å²) in [5.74, 6) is -1.16. The van der Waals surface area contributed by atoms with Crippen LogP contribution in [0.25, 0.3) is 0 Å². The first-order valence-corrected chi connectivity index (χ1v) is 5.53. The third-order valence-corrected chi connectivity index (χ3v) is 2.26. The molecule has 1 aromatic rings. The Labute approximate surface area is 101 Å². The molecule has 0 fully saturated rings. The van der Waals surface area contributed by atoms with Crippen molar-refractivity contribution in [3.63, 3.8) is 0 Å². The quantitative estimate of drug-likeness (QED) is 0.788. The van der Waals surface area contributed by atoms with Crippen LogP contribution in [0.1, 0.15) is 13.8 Å². The van der Waals surface area contributed by atoms with Crippen LogP contribution < -0.4 is 4.74 Å². The molecule has 0 unspecified atom stereocenters. The maximum absolute atomic E-state index is 13.3. The molecule has 4 heteroatoms. The number of ether oxygens (including phenoxy) is 1. The van der Waals surface area contributed by atoms with Gasteiger partial charge in [-0.05, 0) is 26.2 Å². The Bertz CT molecular complexity index is 378. The molecular weight excluding hydrogens is 224 g/mol. The zero-order chi connectivity index (χ0) is 13.1. The van der Waals surface area contributed by atoms with E-state index in [9.17, 15) is 8.78 Å². The highest BCUT2D eigenvalue weighted by atomic mass is 19.1. The molecule has 0 radical (unpaired) electrons. The molecule has 0 N–H and O–H groups in total. The van der Waals surface area contributed by atoms with Gasteiger partial charge in [-0.2, -0.15) is 0 Å².